The lowest BCUT2D eigenvalue weighted by Crippen LogP contribution is -2.22. The number of carbonyl (C=O) groups excluding carboxylic acids is 2. The monoisotopic (exact) mass is 449 g/mol. The number of hydrogen-bond donors (Lipinski definition) is 1. The van der Waals surface area contributed by atoms with Crippen LogP contribution >= 0.6 is 11.6 Å². The molecule has 0 aliphatic carbocycles. The van der Waals surface area contributed by atoms with Gasteiger partial charge in [-0.05, 0) is 42.7 Å². The minimum Gasteiger partial charge on any atom is -0.466 e. The predicted molar refractivity (Wildman–Crippen MR) is 118 cm³/mol. The number of carbonyl (C=O) groups is 2. The Balaban J connectivity index is 1.83. The number of hydrogen-bond acceptors (Lipinski definition) is 5. The van der Waals surface area contributed by atoms with Gasteiger partial charge >= 0.3 is 5.97 Å². The lowest BCUT2D eigenvalue weighted by Gasteiger charge is -2.05. The highest BCUT2D eigenvalue weighted by atomic mass is 35.5. The highest BCUT2D eigenvalue weighted by Crippen LogP contribution is 2.11. The van der Waals surface area contributed by atoms with Crippen LogP contribution in [0.5, 0.6) is 0 Å². The Morgan fingerprint density at radius 2 is 1.70 bits per heavy atom. The van der Waals surface area contributed by atoms with Gasteiger partial charge in [0.05, 0.1) is 18.8 Å². The van der Waals surface area contributed by atoms with E-state index in [4.69, 9.17) is 16.3 Å². The molecule has 0 saturated heterocycles. The summed E-state index contributed by atoms with van der Waals surface area (Å²) in [4.78, 5) is 23.4. The molecule has 2 rings (SSSR count). The second-order valence-corrected chi connectivity index (χ2v) is 8.81. The first-order chi connectivity index (χ1) is 14.3. The average molecular weight is 450 g/mol. The van der Waals surface area contributed by atoms with E-state index in [1.54, 1.807) is 61.5 Å². The number of esters is 1. The van der Waals surface area contributed by atoms with Crippen molar-refractivity contribution in [2.24, 2.45) is 0 Å². The van der Waals surface area contributed by atoms with Gasteiger partial charge in [-0.15, -0.1) is 0 Å². The highest BCUT2D eigenvalue weighted by Gasteiger charge is 2.10. The van der Waals surface area contributed by atoms with Gasteiger partial charge < -0.3 is 4.74 Å². The van der Waals surface area contributed by atoms with Crippen molar-refractivity contribution in [3.63, 3.8) is 0 Å². The van der Waals surface area contributed by atoms with Crippen molar-refractivity contribution in [3.8, 4) is 0 Å². The van der Waals surface area contributed by atoms with E-state index in [1.807, 2.05) is 0 Å². The van der Waals surface area contributed by atoms with Crippen LogP contribution in [0.2, 0.25) is 5.02 Å². The van der Waals surface area contributed by atoms with Crippen LogP contribution in [0.25, 0.3) is 6.08 Å². The number of rotatable bonds is 11. The van der Waals surface area contributed by atoms with Crippen LogP contribution < -0.4 is 4.72 Å². The molecule has 0 spiro atoms. The molecule has 0 heterocycles. The fourth-order valence-corrected chi connectivity index (χ4v) is 3.59. The number of benzene rings is 2. The first-order valence-corrected chi connectivity index (χ1v) is 11.5. The molecule has 0 unspecified atom stereocenters. The third-order valence-corrected chi connectivity index (χ3v) is 5.68. The summed E-state index contributed by atoms with van der Waals surface area (Å²) in [5.41, 5.74) is 2.11. The second kappa shape index (κ2) is 11.5. The molecule has 6 nitrogen and oxygen atoms in total. The molecule has 0 aromatic heterocycles. The maximum atomic E-state index is 12.1. The van der Waals surface area contributed by atoms with Crippen LogP contribution in [0.4, 0.5) is 0 Å². The number of sulfonamides is 1. The third-order valence-electron chi connectivity index (χ3n) is 4.19. The summed E-state index contributed by atoms with van der Waals surface area (Å²) in [5.74, 6) is -0.595. The van der Waals surface area contributed by atoms with Crippen LogP contribution in [-0.2, 0) is 26.0 Å². The Hall–Kier alpha value is -2.64. The van der Waals surface area contributed by atoms with Crippen LogP contribution in [0, 0.1) is 0 Å². The molecule has 0 fully saturated rings. The Bertz CT molecular complexity index is 983. The molecule has 0 bridgehead atoms. The summed E-state index contributed by atoms with van der Waals surface area (Å²) < 4.78 is 31.4. The van der Waals surface area contributed by atoms with Crippen molar-refractivity contribution in [1.82, 2.24) is 4.72 Å². The van der Waals surface area contributed by atoms with E-state index < -0.39 is 16.0 Å². The zero-order chi connectivity index (χ0) is 22.0. The molecule has 2 aromatic carbocycles. The van der Waals surface area contributed by atoms with E-state index in [1.165, 1.54) is 6.20 Å². The van der Waals surface area contributed by atoms with Gasteiger partial charge in [0.1, 0.15) is 0 Å². The van der Waals surface area contributed by atoms with Gasteiger partial charge in [0.2, 0.25) is 10.0 Å². The summed E-state index contributed by atoms with van der Waals surface area (Å²) in [6.45, 7) is 2.00. The number of aryl methyl sites for hydroxylation is 1. The fraction of sp³-hybridized carbons (Fsp3) is 0.273. The fourth-order valence-electron chi connectivity index (χ4n) is 2.57. The lowest BCUT2D eigenvalue weighted by atomic mass is 10.0. The predicted octanol–water partition coefficient (Wildman–Crippen LogP) is 4.00. The molecule has 0 amide bonds. The molecule has 1 N–H and O–H groups in total. The Morgan fingerprint density at radius 3 is 2.33 bits per heavy atom. The van der Waals surface area contributed by atoms with Gasteiger partial charge in [0.15, 0.2) is 5.78 Å². The molecular weight excluding hydrogens is 426 g/mol. The molecule has 0 aliphatic rings. The van der Waals surface area contributed by atoms with Crippen molar-refractivity contribution in [1.29, 1.82) is 0 Å². The molecule has 30 heavy (non-hydrogen) atoms. The first-order valence-electron chi connectivity index (χ1n) is 9.49. The Kier molecular flexibility index (Phi) is 9.08. The summed E-state index contributed by atoms with van der Waals surface area (Å²) in [6.07, 6.45) is 3.47. The van der Waals surface area contributed by atoms with Gasteiger partial charge in [0.25, 0.3) is 0 Å². The van der Waals surface area contributed by atoms with Crippen LogP contribution in [0.3, 0.4) is 0 Å². The first kappa shape index (κ1) is 23.6. The molecule has 0 aliphatic heterocycles. The van der Waals surface area contributed by atoms with Crippen LogP contribution in [0.1, 0.15) is 41.3 Å². The van der Waals surface area contributed by atoms with E-state index in [0.717, 1.165) is 11.1 Å². The summed E-state index contributed by atoms with van der Waals surface area (Å²) in [5, 5.41) is 0.606. The zero-order valence-electron chi connectivity index (χ0n) is 16.6. The van der Waals surface area contributed by atoms with Crippen molar-refractivity contribution >= 4 is 39.5 Å². The minimum atomic E-state index is -3.47. The topological polar surface area (TPSA) is 89.5 Å². The summed E-state index contributed by atoms with van der Waals surface area (Å²) >= 11 is 5.82. The molecular formula is C22H24ClNO5S. The van der Waals surface area contributed by atoms with Crippen molar-refractivity contribution in [3.05, 3.63) is 76.4 Å². The SMILES string of the molecule is CCOC(=O)CCC(=O)c1ccc(C=CNS(=O)(=O)CCc2ccc(Cl)cc2)cc1. The summed E-state index contributed by atoms with van der Waals surface area (Å²) in [6, 6.07) is 13.7. The van der Waals surface area contributed by atoms with Gasteiger partial charge in [-0.2, -0.15) is 0 Å². The quantitative estimate of drug-likeness (QED) is 0.413. The number of ether oxygens (including phenoxy) is 1. The highest BCUT2D eigenvalue weighted by molar-refractivity contribution is 7.89. The van der Waals surface area contributed by atoms with Crippen molar-refractivity contribution in [2.75, 3.05) is 12.4 Å². The van der Waals surface area contributed by atoms with Gasteiger partial charge in [-0.1, -0.05) is 48.0 Å². The Labute approximate surface area is 181 Å². The molecule has 8 heteroatoms. The molecule has 2 aromatic rings. The van der Waals surface area contributed by atoms with Gasteiger partial charge in [0, 0.05) is 23.2 Å². The molecule has 0 atom stereocenters. The van der Waals surface area contributed by atoms with Gasteiger partial charge in [-0.3, -0.25) is 14.3 Å². The molecule has 0 radical (unpaired) electrons. The van der Waals surface area contributed by atoms with Crippen molar-refractivity contribution in [2.45, 2.75) is 26.2 Å². The smallest absolute Gasteiger partial charge is 0.306 e. The van der Waals surface area contributed by atoms with E-state index in [2.05, 4.69) is 4.72 Å². The number of Topliss-reactive ketones (excluding diaryl/α,β-unsaturated/α-hetero) is 1. The zero-order valence-corrected chi connectivity index (χ0v) is 18.2. The normalized spacial score (nSPS) is 11.4. The maximum absolute atomic E-state index is 12.1. The standard InChI is InChI=1S/C22H24ClNO5S/c1-2-29-22(26)12-11-21(25)19-7-3-17(4-8-19)13-15-24-30(27,28)16-14-18-5-9-20(23)10-6-18/h3-10,13,15,24H,2,11-12,14,16H2,1H3. The van der Waals surface area contributed by atoms with Crippen LogP contribution in [0.15, 0.2) is 54.7 Å². The molecule has 160 valence electrons. The Morgan fingerprint density at radius 1 is 1.03 bits per heavy atom. The van der Waals surface area contributed by atoms with Crippen LogP contribution in [-0.4, -0.2) is 32.5 Å². The van der Waals surface area contributed by atoms with Crippen molar-refractivity contribution < 1.29 is 22.7 Å². The minimum absolute atomic E-state index is 0.0477. The van der Waals surface area contributed by atoms with E-state index in [0.29, 0.717) is 23.6 Å². The maximum Gasteiger partial charge on any atom is 0.306 e. The second-order valence-electron chi connectivity index (χ2n) is 6.50. The number of ketones is 1. The average Bonchev–Trinajstić information content (AvgIpc) is 2.72. The largest absolute Gasteiger partial charge is 0.466 e. The third kappa shape index (κ3) is 8.39. The van der Waals surface area contributed by atoms with Gasteiger partial charge in [-0.25, -0.2) is 8.42 Å². The van der Waals surface area contributed by atoms with E-state index in [-0.39, 0.29) is 24.4 Å². The van der Waals surface area contributed by atoms with E-state index in [9.17, 15) is 18.0 Å². The molecule has 0 saturated carbocycles. The number of nitrogens with one attached hydrogen (secondary N) is 1. The summed E-state index contributed by atoms with van der Waals surface area (Å²) in [7, 11) is -3.47. The lowest BCUT2D eigenvalue weighted by molar-refractivity contribution is -0.143. The van der Waals surface area contributed by atoms with E-state index >= 15 is 0 Å². The number of halogens is 1.